The summed E-state index contributed by atoms with van der Waals surface area (Å²) in [7, 11) is 0. The Morgan fingerprint density at radius 2 is 1.72 bits per heavy atom. The zero-order chi connectivity index (χ0) is 17.8. The normalized spacial score (nSPS) is 14.4. The molecule has 3 rings (SSSR count). The van der Waals surface area contributed by atoms with Gasteiger partial charge in [-0.15, -0.1) is 0 Å². The lowest BCUT2D eigenvalue weighted by molar-refractivity contribution is -0.131. The van der Waals surface area contributed by atoms with E-state index in [1.54, 1.807) is 28.0 Å². The van der Waals surface area contributed by atoms with Gasteiger partial charge in [-0.05, 0) is 29.1 Å². The highest BCUT2D eigenvalue weighted by Gasteiger charge is 2.25. The van der Waals surface area contributed by atoms with Crippen molar-refractivity contribution < 1.29 is 19.5 Å². The summed E-state index contributed by atoms with van der Waals surface area (Å²) in [4.78, 5) is 39.2. The van der Waals surface area contributed by atoms with Gasteiger partial charge < -0.3 is 14.9 Å². The zero-order valence-corrected chi connectivity index (χ0v) is 14.4. The summed E-state index contributed by atoms with van der Waals surface area (Å²) in [5.74, 6) is -1.05. The highest BCUT2D eigenvalue weighted by atomic mass is 32.1. The monoisotopic (exact) mass is 358 g/mol. The molecule has 130 valence electrons. The quantitative estimate of drug-likeness (QED) is 0.906. The van der Waals surface area contributed by atoms with Gasteiger partial charge in [-0.1, -0.05) is 12.1 Å². The summed E-state index contributed by atoms with van der Waals surface area (Å²) in [5.41, 5.74) is 1.55. The molecule has 0 spiro atoms. The average Bonchev–Trinajstić information content (AvgIpc) is 3.16. The van der Waals surface area contributed by atoms with Gasteiger partial charge in [-0.3, -0.25) is 9.59 Å². The lowest BCUT2D eigenvalue weighted by Crippen LogP contribution is -2.50. The lowest BCUT2D eigenvalue weighted by atomic mass is 10.1. The Kier molecular flexibility index (Phi) is 5.14. The third-order valence-corrected chi connectivity index (χ3v) is 4.90. The number of thiophene rings is 1. The third kappa shape index (κ3) is 4.06. The first-order valence-electron chi connectivity index (χ1n) is 7.96. The molecular weight excluding hydrogens is 340 g/mol. The fourth-order valence-electron chi connectivity index (χ4n) is 2.83. The van der Waals surface area contributed by atoms with Crippen molar-refractivity contribution in [1.29, 1.82) is 0 Å². The summed E-state index contributed by atoms with van der Waals surface area (Å²) in [6, 6.07) is 8.23. The van der Waals surface area contributed by atoms with Gasteiger partial charge >= 0.3 is 5.97 Å². The number of rotatable bonds is 4. The van der Waals surface area contributed by atoms with E-state index in [4.69, 9.17) is 5.11 Å². The Labute approximate surface area is 149 Å². The lowest BCUT2D eigenvalue weighted by Gasteiger charge is -2.34. The second kappa shape index (κ2) is 7.48. The zero-order valence-electron chi connectivity index (χ0n) is 13.6. The Morgan fingerprint density at radius 3 is 2.36 bits per heavy atom. The first kappa shape index (κ1) is 17.2. The Hall–Kier alpha value is -2.67. The van der Waals surface area contributed by atoms with E-state index >= 15 is 0 Å². The number of amides is 2. The number of hydrogen-bond acceptors (Lipinski definition) is 4. The minimum atomic E-state index is -1.00. The standard InChI is InChI=1S/C18H18N2O4S/c21-16(11-13-2-1-3-14(10-13)18(23)24)19-5-7-20(8-6-19)17(22)15-4-9-25-12-15/h1-4,9-10,12H,5-8,11H2,(H,23,24). The van der Waals surface area contributed by atoms with Crippen molar-refractivity contribution in [1.82, 2.24) is 9.80 Å². The van der Waals surface area contributed by atoms with Gasteiger partial charge in [0.15, 0.2) is 0 Å². The third-order valence-electron chi connectivity index (χ3n) is 4.22. The van der Waals surface area contributed by atoms with Gasteiger partial charge in [-0.2, -0.15) is 11.3 Å². The Morgan fingerprint density at radius 1 is 1.00 bits per heavy atom. The molecule has 7 heteroatoms. The maximum absolute atomic E-state index is 12.4. The van der Waals surface area contributed by atoms with E-state index in [0.29, 0.717) is 37.3 Å². The van der Waals surface area contributed by atoms with Crippen LogP contribution in [0.3, 0.4) is 0 Å². The van der Waals surface area contributed by atoms with Crippen LogP contribution in [0.5, 0.6) is 0 Å². The molecular formula is C18H18N2O4S. The smallest absolute Gasteiger partial charge is 0.335 e. The van der Waals surface area contributed by atoms with E-state index in [-0.39, 0.29) is 23.8 Å². The molecule has 1 aliphatic rings. The van der Waals surface area contributed by atoms with Gasteiger partial charge in [0, 0.05) is 31.6 Å². The maximum atomic E-state index is 12.4. The van der Waals surface area contributed by atoms with E-state index < -0.39 is 5.97 Å². The number of aromatic carboxylic acids is 1. The minimum Gasteiger partial charge on any atom is -0.478 e. The van der Waals surface area contributed by atoms with Crippen LogP contribution < -0.4 is 0 Å². The number of carbonyl (C=O) groups excluding carboxylic acids is 2. The minimum absolute atomic E-state index is 0.00232. The predicted octanol–water partition coefficient (Wildman–Crippen LogP) is 1.97. The molecule has 2 heterocycles. The van der Waals surface area contributed by atoms with Crippen LogP contribution >= 0.6 is 11.3 Å². The first-order valence-corrected chi connectivity index (χ1v) is 8.90. The number of nitrogens with zero attached hydrogens (tertiary/aromatic N) is 2. The molecule has 1 saturated heterocycles. The van der Waals surface area contributed by atoms with Crippen molar-refractivity contribution in [3.05, 3.63) is 57.8 Å². The summed E-state index contributed by atoms with van der Waals surface area (Å²) in [6.07, 6.45) is 0.166. The van der Waals surface area contributed by atoms with Crippen molar-refractivity contribution in [3.8, 4) is 0 Å². The summed E-state index contributed by atoms with van der Waals surface area (Å²) in [5, 5.41) is 12.7. The number of benzene rings is 1. The molecule has 2 aromatic rings. The molecule has 2 amide bonds. The van der Waals surface area contributed by atoms with Crippen molar-refractivity contribution in [2.24, 2.45) is 0 Å². The van der Waals surface area contributed by atoms with Crippen LogP contribution in [-0.4, -0.2) is 58.9 Å². The largest absolute Gasteiger partial charge is 0.478 e. The Bertz CT molecular complexity index is 780. The van der Waals surface area contributed by atoms with Crippen LogP contribution in [0.1, 0.15) is 26.3 Å². The summed E-state index contributed by atoms with van der Waals surface area (Å²) < 4.78 is 0. The average molecular weight is 358 g/mol. The molecule has 0 unspecified atom stereocenters. The van der Waals surface area contributed by atoms with Gasteiger partial charge in [-0.25, -0.2) is 4.79 Å². The van der Waals surface area contributed by atoms with Crippen LogP contribution in [0.15, 0.2) is 41.1 Å². The first-order chi connectivity index (χ1) is 12.0. The number of carboxylic acids is 1. The molecule has 0 bridgehead atoms. The fourth-order valence-corrected chi connectivity index (χ4v) is 3.46. The summed E-state index contributed by atoms with van der Waals surface area (Å²) >= 11 is 1.49. The SMILES string of the molecule is O=C(O)c1cccc(CC(=O)N2CCN(C(=O)c3ccsc3)CC2)c1. The van der Waals surface area contributed by atoms with E-state index in [2.05, 4.69) is 0 Å². The van der Waals surface area contributed by atoms with Crippen LogP contribution in [0, 0.1) is 0 Å². The van der Waals surface area contributed by atoms with Crippen LogP contribution in [0.4, 0.5) is 0 Å². The van der Waals surface area contributed by atoms with Crippen molar-refractivity contribution in [2.75, 3.05) is 26.2 Å². The second-order valence-electron chi connectivity index (χ2n) is 5.87. The number of piperazine rings is 1. The number of hydrogen-bond donors (Lipinski definition) is 1. The van der Waals surface area contributed by atoms with E-state index in [1.165, 1.54) is 23.5 Å². The van der Waals surface area contributed by atoms with Gasteiger partial charge in [0.05, 0.1) is 17.5 Å². The molecule has 1 aliphatic heterocycles. The highest BCUT2D eigenvalue weighted by Crippen LogP contribution is 2.13. The second-order valence-corrected chi connectivity index (χ2v) is 6.65. The van der Waals surface area contributed by atoms with Gasteiger partial charge in [0.25, 0.3) is 5.91 Å². The molecule has 1 aromatic heterocycles. The number of carboxylic acid groups (broad SMARTS) is 1. The molecule has 1 aromatic carbocycles. The number of carbonyl (C=O) groups is 3. The van der Waals surface area contributed by atoms with Crippen molar-refractivity contribution >= 4 is 29.1 Å². The molecule has 6 nitrogen and oxygen atoms in total. The fraction of sp³-hybridized carbons (Fsp3) is 0.278. The van der Waals surface area contributed by atoms with Crippen LogP contribution in [0.25, 0.3) is 0 Å². The van der Waals surface area contributed by atoms with Crippen LogP contribution in [-0.2, 0) is 11.2 Å². The summed E-state index contributed by atoms with van der Waals surface area (Å²) in [6.45, 7) is 2.01. The highest BCUT2D eigenvalue weighted by molar-refractivity contribution is 7.08. The topological polar surface area (TPSA) is 77.9 Å². The molecule has 0 saturated carbocycles. The molecule has 0 aliphatic carbocycles. The van der Waals surface area contributed by atoms with Crippen molar-refractivity contribution in [2.45, 2.75) is 6.42 Å². The van der Waals surface area contributed by atoms with E-state index in [0.717, 1.165) is 0 Å². The molecule has 25 heavy (non-hydrogen) atoms. The molecule has 1 fully saturated rings. The molecule has 1 N–H and O–H groups in total. The predicted molar refractivity (Wildman–Crippen MR) is 93.9 cm³/mol. The van der Waals surface area contributed by atoms with E-state index in [1.807, 2.05) is 10.8 Å². The van der Waals surface area contributed by atoms with E-state index in [9.17, 15) is 14.4 Å². The van der Waals surface area contributed by atoms with Gasteiger partial charge in [0.1, 0.15) is 0 Å². The molecule has 0 atom stereocenters. The van der Waals surface area contributed by atoms with Crippen molar-refractivity contribution in [3.63, 3.8) is 0 Å². The van der Waals surface area contributed by atoms with Crippen LogP contribution in [0.2, 0.25) is 0 Å². The maximum Gasteiger partial charge on any atom is 0.335 e. The van der Waals surface area contributed by atoms with Gasteiger partial charge in [0.2, 0.25) is 5.91 Å². The molecule has 0 radical (unpaired) electrons. The Balaban J connectivity index is 1.56.